The highest BCUT2D eigenvalue weighted by Gasteiger charge is 2.08. The highest BCUT2D eigenvalue weighted by atomic mass is 79.9. The zero-order chi connectivity index (χ0) is 20.1. The van der Waals surface area contributed by atoms with Crippen molar-refractivity contribution >= 4 is 59.5 Å². The van der Waals surface area contributed by atoms with E-state index in [2.05, 4.69) is 62.5 Å². The molecule has 0 saturated carbocycles. The Morgan fingerprint density at radius 2 is 1.63 bits per heavy atom. The molecule has 3 rings (SSSR count). The monoisotopic (exact) mass is 564 g/mol. The molecule has 27 heavy (non-hydrogen) atoms. The molecule has 6 nitrogen and oxygen atoms in total. The van der Waals surface area contributed by atoms with Gasteiger partial charge in [-0.15, -0.1) is 0 Å². The molecule has 0 bridgehead atoms. The van der Waals surface area contributed by atoms with E-state index in [1.54, 1.807) is 18.2 Å². The Labute approximate surface area is 183 Å². The van der Waals surface area contributed by atoms with Crippen LogP contribution in [0.15, 0.2) is 50.2 Å². The highest BCUT2D eigenvalue weighted by Crippen LogP contribution is 2.10. The van der Waals surface area contributed by atoms with Crippen LogP contribution in [0.25, 0.3) is 0 Å². The second kappa shape index (κ2) is 13.9. The summed E-state index contributed by atoms with van der Waals surface area (Å²) in [6.07, 6.45) is 2.38. The van der Waals surface area contributed by atoms with E-state index in [1.807, 2.05) is 18.2 Å². The smallest absolute Gasteiger partial charge is 0.305 e. The molecule has 1 saturated heterocycles. The van der Waals surface area contributed by atoms with Gasteiger partial charge < -0.3 is 9.84 Å². The molecule has 146 valence electrons. The number of pyridine rings is 2. The summed E-state index contributed by atoms with van der Waals surface area (Å²) in [6, 6.07) is 10.9. The van der Waals surface area contributed by atoms with Gasteiger partial charge in [-0.1, -0.05) is 12.1 Å². The van der Waals surface area contributed by atoms with Gasteiger partial charge in [0.25, 0.3) is 0 Å². The van der Waals surface area contributed by atoms with Gasteiger partial charge in [-0.05, 0) is 84.9 Å². The molecule has 9 heteroatoms. The third-order valence-electron chi connectivity index (χ3n) is 3.03. The molecule has 0 aliphatic carbocycles. The Hall–Kier alpha value is -1.16. The average molecular weight is 567 g/mol. The first-order valence-electron chi connectivity index (χ1n) is 8.12. The maximum atomic E-state index is 11.4. The lowest BCUT2D eigenvalue weighted by molar-refractivity contribution is -0.137. The van der Waals surface area contributed by atoms with Gasteiger partial charge in [0.2, 0.25) is 0 Å². The number of ether oxygens (including phenoxy) is 1. The number of hydrogen-bond donors (Lipinski definition) is 1. The molecule has 0 spiro atoms. The maximum absolute atomic E-state index is 11.4. The first-order chi connectivity index (χ1) is 12.9. The molecule has 1 fully saturated rings. The van der Waals surface area contributed by atoms with Crippen molar-refractivity contribution in [2.24, 2.45) is 0 Å². The fourth-order valence-electron chi connectivity index (χ4n) is 1.79. The third-order valence-corrected chi connectivity index (χ3v) is 4.36. The summed E-state index contributed by atoms with van der Waals surface area (Å²) >= 11 is 9.63. The van der Waals surface area contributed by atoms with E-state index in [0.717, 1.165) is 15.6 Å². The summed E-state index contributed by atoms with van der Waals surface area (Å²) in [5.41, 5.74) is 0.447. The number of aliphatic hydroxyl groups is 1. The SMILES string of the molecule is Brc1cccc(Br)n1.O=C(CCCO)c1cccc(Br)n1.O=C1CCCO1. The van der Waals surface area contributed by atoms with Crippen LogP contribution in [0.3, 0.4) is 0 Å². The fourth-order valence-corrected chi connectivity index (χ4v) is 3.06. The Kier molecular flexibility index (Phi) is 12.3. The molecule has 0 radical (unpaired) electrons. The maximum Gasteiger partial charge on any atom is 0.305 e. The van der Waals surface area contributed by atoms with Crippen LogP contribution >= 0.6 is 47.8 Å². The lowest BCUT2D eigenvalue weighted by Crippen LogP contribution is -2.02. The Morgan fingerprint density at radius 1 is 1.04 bits per heavy atom. The summed E-state index contributed by atoms with van der Waals surface area (Å²) in [5.74, 6) is -0.0784. The van der Waals surface area contributed by atoms with E-state index >= 15 is 0 Å². The zero-order valence-electron chi connectivity index (χ0n) is 14.4. The summed E-state index contributed by atoms with van der Waals surface area (Å²) in [5, 5.41) is 8.53. The molecule has 2 aromatic heterocycles. The van der Waals surface area contributed by atoms with Gasteiger partial charge in [-0.3, -0.25) is 9.59 Å². The minimum absolute atomic E-state index is 0.0321. The number of nitrogens with zero attached hydrogens (tertiary/aromatic N) is 2. The van der Waals surface area contributed by atoms with Crippen LogP contribution in [-0.4, -0.2) is 40.0 Å². The van der Waals surface area contributed by atoms with Gasteiger partial charge in [-0.25, -0.2) is 9.97 Å². The van der Waals surface area contributed by atoms with Crippen LogP contribution in [0.5, 0.6) is 0 Å². The number of rotatable bonds is 4. The minimum Gasteiger partial charge on any atom is -0.466 e. The predicted molar refractivity (Wildman–Crippen MR) is 112 cm³/mol. The van der Waals surface area contributed by atoms with Crippen LogP contribution in [0.2, 0.25) is 0 Å². The Bertz CT molecular complexity index is 719. The first-order valence-corrected chi connectivity index (χ1v) is 10.5. The van der Waals surface area contributed by atoms with Crippen LogP contribution < -0.4 is 0 Å². The van der Waals surface area contributed by atoms with Gasteiger partial charge in [0.15, 0.2) is 5.78 Å². The van der Waals surface area contributed by atoms with E-state index in [4.69, 9.17) is 5.11 Å². The predicted octanol–water partition coefficient (Wildman–Crippen LogP) is 4.73. The van der Waals surface area contributed by atoms with Gasteiger partial charge in [-0.2, -0.15) is 0 Å². The quantitative estimate of drug-likeness (QED) is 0.327. The molecule has 0 amide bonds. The van der Waals surface area contributed by atoms with Crippen LogP contribution in [0.1, 0.15) is 36.2 Å². The molecule has 3 heterocycles. The van der Waals surface area contributed by atoms with Crippen LogP contribution in [0.4, 0.5) is 0 Å². The van der Waals surface area contributed by atoms with E-state index in [-0.39, 0.29) is 18.4 Å². The van der Waals surface area contributed by atoms with E-state index in [0.29, 0.717) is 36.2 Å². The number of carbonyl (C=O) groups excluding carboxylic acids is 2. The standard InChI is InChI=1S/C9H10BrNO2.C5H3Br2N.C4H6O2/c10-9-5-1-3-7(11-9)8(13)4-2-6-12;6-4-2-1-3-5(7)8-4;5-4-2-1-3-6-4/h1,3,5,12H,2,4,6H2;1-3H;1-3H2. The lowest BCUT2D eigenvalue weighted by atomic mass is 10.1. The Balaban J connectivity index is 0.000000221. The molecule has 1 aliphatic rings. The van der Waals surface area contributed by atoms with E-state index in [1.165, 1.54) is 0 Å². The van der Waals surface area contributed by atoms with Crippen molar-refractivity contribution in [2.45, 2.75) is 25.7 Å². The molecule has 0 unspecified atom stereocenters. The second-order valence-corrected chi connectivity index (χ2v) is 7.64. The topological polar surface area (TPSA) is 89.4 Å². The number of Topliss-reactive ketones (excluding diaryl/α,β-unsaturated/α-hetero) is 1. The van der Waals surface area contributed by atoms with Crippen molar-refractivity contribution < 1.29 is 19.4 Å². The molecule has 0 aromatic carbocycles. The van der Waals surface area contributed by atoms with Crippen molar-refractivity contribution in [3.05, 3.63) is 55.9 Å². The van der Waals surface area contributed by atoms with Crippen molar-refractivity contribution in [1.29, 1.82) is 0 Å². The summed E-state index contributed by atoms with van der Waals surface area (Å²) in [4.78, 5) is 29.4. The fraction of sp³-hybridized carbons (Fsp3) is 0.333. The van der Waals surface area contributed by atoms with Gasteiger partial charge in [0.1, 0.15) is 19.5 Å². The number of hydrogen-bond acceptors (Lipinski definition) is 6. The molecule has 2 aromatic rings. The summed E-state index contributed by atoms with van der Waals surface area (Å²) < 4.78 is 6.88. The first kappa shape index (κ1) is 23.9. The van der Waals surface area contributed by atoms with E-state index in [9.17, 15) is 9.59 Å². The van der Waals surface area contributed by atoms with Crippen molar-refractivity contribution in [3.63, 3.8) is 0 Å². The number of carbonyl (C=O) groups is 2. The number of cyclic esters (lactones) is 1. The molecule has 0 atom stereocenters. The van der Waals surface area contributed by atoms with Crippen molar-refractivity contribution in [1.82, 2.24) is 9.97 Å². The number of aromatic nitrogens is 2. The molecule has 1 aliphatic heterocycles. The van der Waals surface area contributed by atoms with Crippen molar-refractivity contribution in [2.75, 3.05) is 13.2 Å². The minimum atomic E-state index is -0.0463. The highest BCUT2D eigenvalue weighted by molar-refractivity contribution is 9.11. The van der Waals surface area contributed by atoms with Gasteiger partial charge in [0.05, 0.1) is 6.61 Å². The van der Waals surface area contributed by atoms with E-state index < -0.39 is 0 Å². The zero-order valence-corrected chi connectivity index (χ0v) is 19.2. The molecule has 1 N–H and O–H groups in total. The van der Waals surface area contributed by atoms with Crippen LogP contribution in [0, 0.1) is 0 Å². The van der Waals surface area contributed by atoms with Gasteiger partial charge in [0, 0.05) is 19.4 Å². The third kappa shape index (κ3) is 11.3. The average Bonchev–Trinajstić information content (AvgIpc) is 3.11. The normalized spacial score (nSPS) is 12.2. The van der Waals surface area contributed by atoms with Crippen molar-refractivity contribution in [3.8, 4) is 0 Å². The number of aliphatic hydroxyl groups excluding tert-OH is 1. The largest absolute Gasteiger partial charge is 0.466 e. The summed E-state index contributed by atoms with van der Waals surface area (Å²) in [7, 11) is 0. The number of halogens is 3. The Morgan fingerprint density at radius 3 is 2.00 bits per heavy atom. The second-order valence-electron chi connectivity index (χ2n) is 5.20. The lowest BCUT2D eigenvalue weighted by Gasteiger charge is -1.98. The van der Waals surface area contributed by atoms with Gasteiger partial charge >= 0.3 is 5.97 Å². The number of esters is 1. The summed E-state index contributed by atoms with van der Waals surface area (Å²) in [6.45, 7) is 0.679. The van der Waals surface area contributed by atoms with Crippen LogP contribution in [-0.2, 0) is 9.53 Å². The molecular weight excluding hydrogens is 548 g/mol. The molecular formula is C18H19Br3N2O4. The number of ketones is 1.